The van der Waals surface area contributed by atoms with Gasteiger partial charge in [0.1, 0.15) is 11.9 Å². The number of nitrogen functional groups attached to an aromatic ring is 1. The number of rotatable bonds is 10. The summed E-state index contributed by atoms with van der Waals surface area (Å²) < 4.78 is 3.45. The maximum atomic E-state index is 13.7. The molecule has 0 aromatic heterocycles. The van der Waals surface area contributed by atoms with E-state index in [9.17, 15) is 4.79 Å². The average molecular weight is 518 g/mol. The summed E-state index contributed by atoms with van der Waals surface area (Å²) in [5, 5.41) is 10.1. The number of amidine groups is 1. The Morgan fingerprint density at radius 1 is 1.03 bits per heavy atom. The van der Waals surface area contributed by atoms with Crippen molar-refractivity contribution in [2.45, 2.75) is 36.6 Å². The summed E-state index contributed by atoms with van der Waals surface area (Å²) in [6.45, 7) is 2.06. The van der Waals surface area contributed by atoms with E-state index in [1.807, 2.05) is 41.3 Å². The van der Waals surface area contributed by atoms with Crippen LogP contribution in [0.25, 0.3) is 10.8 Å². The minimum atomic E-state index is -0.420. The van der Waals surface area contributed by atoms with Crippen LogP contribution in [0.5, 0.6) is 0 Å². The van der Waals surface area contributed by atoms with Crippen molar-refractivity contribution in [1.29, 1.82) is 5.41 Å². The lowest BCUT2D eigenvalue weighted by Gasteiger charge is -2.34. The lowest BCUT2D eigenvalue weighted by Crippen LogP contribution is -2.48. The third-order valence-electron chi connectivity index (χ3n) is 6.77. The van der Waals surface area contributed by atoms with E-state index in [0.717, 1.165) is 48.2 Å². The van der Waals surface area contributed by atoms with E-state index in [0.29, 0.717) is 24.4 Å². The van der Waals surface area contributed by atoms with Crippen molar-refractivity contribution in [3.8, 4) is 0 Å². The monoisotopic (exact) mass is 517 g/mol. The first kappa shape index (κ1) is 26.5. The number of hydrogen-bond donors (Lipinski definition) is 5. The van der Waals surface area contributed by atoms with E-state index < -0.39 is 6.04 Å². The number of nitrogens with two attached hydrogens (primary N) is 3. The maximum Gasteiger partial charge on any atom is 0.240 e. The predicted octanol–water partition coefficient (Wildman–Crippen LogP) is 3.23. The number of nitrogens with zero attached hydrogens (tertiary/aromatic N) is 2. The summed E-state index contributed by atoms with van der Waals surface area (Å²) in [7, 11) is 0. The number of amides is 1. The van der Waals surface area contributed by atoms with Crippen molar-refractivity contribution in [2.75, 3.05) is 19.6 Å². The molecule has 0 unspecified atom stereocenters. The van der Waals surface area contributed by atoms with Crippen LogP contribution in [0.4, 0.5) is 0 Å². The van der Waals surface area contributed by atoms with E-state index in [-0.39, 0.29) is 17.7 Å². The molecule has 1 heterocycles. The van der Waals surface area contributed by atoms with E-state index in [4.69, 9.17) is 22.6 Å². The molecule has 8 nitrogen and oxygen atoms in total. The Balaban J connectivity index is 1.45. The standard InChI is InChI=1S/C28H35N7OS/c29-26(30)23-7-3-4-20(16-23)17-25(34-37-24-9-8-21-5-1-2-6-22(21)18-24)27(36)35-14-11-19(12-15-35)10-13-33-28(31)32/h1-9,16,18-19,25,34H,10-15,17H2,(H3,29,30)(H4,31,32,33)/t25-/m0/s1. The molecule has 1 aliphatic rings. The first-order chi connectivity index (χ1) is 17.9. The second-order valence-corrected chi connectivity index (χ2v) is 10.4. The second kappa shape index (κ2) is 12.6. The van der Waals surface area contributed by atoms with Crippen molar-refractivity contribution in [3.63, 3.8) is 0 Å². The summed E-state index contributed by atoms with van der Waals surface area (Å²) >= 11 is 1.48. The van der Waals surface area contributed by atoms with Crippen LogP contribution in [-0.2, 0) is 11.2 Å². The molecule has 0 aliphatic carbocycles. The molecule has 0 saturated carbocycles. The molecule has 194 valence electrons. The molecule has 1 saturated heterocycles. The highest BCUT2D eigenvalue weighted by atomic mass is 32.2. The molecule has 3 aromatic carbocycles. The van der Waals surface area contributed by atoms with Crippen molar-refractivity contribution in [1.82, 2.24) is 9.62 Å². The van der Waals surface area contributed by atoms with Crippen molar-refractivity contribution >= 4 is 40.4 Å². The van der Waals surface area contributed by atoms with E-state index in [2.05, 4.69) is 40.0 Å². The fraction of sp³-hybridized carbons (Fsp3) is 0.321. The van der Waals surface area contributed by atoms with Gasteiger partial charge in [0.2, 0.25) is 5.91 Å². The van der Waals surface area contributed by atoms with Gasteiger partial charge in [-0.2, -0.15) is 0 Å². The van der Waals surface area contributed by atoms with Gasteiger partial charge in [-0.05, 0) is 78.1 Å². The Bertz CT molecular complexity index is 1270. The predicted molar refractivity (Wildman–Crippen MR) is 152 cm³/mol. The summed E-state index contributed by atoms with van der Waals surface area (Å²) in [6, 6.07) is 21.7. The first-order valence-electron chi connectivity index (χ1n) is 12.6. The van der Waals surface area contributed by atoms with Gasteiger partial charge in [-0.25, -0.2) is 4.72 Å². The van der Waals surface area contributed by atoms with Crippen LogP contribution in [0.2, 0.25) is 0 Å². The van der Waals surface area contributed by atoms with Crippen LogP contribution in [0.15, 0.2) is 76.6 Å². The quantitative estimate of drug-likeness (QED) is 0.158. The van der Waals surface area contributed by atoms with Gasteiger partial charge >= 0.3 is 0 Å². The van der Waals surface area contributed by atoms with Gasteiger partial charge in [-0.3, -0.25) is 15.2 Å². The molecule has 8 N–H and O–H groups in total. The summed E-state index contributed by atoms with van der Waals surface area (Å²) in [4.78, 5) is 20.8. The topological polar surface area (TPSA) is 147 Å². The minimum Gasteiger partial charge on any atom is -0.384 e. The molecule has 3 aromatic rings. The van der Waals surface area contributed by atoms with Gasteiger partial charge in [-0.1, -0.05) is 48.5 Å². The van der Waals surface area contributed by atoms with Crippen molar-refractivity contribution < 1.29 is 4.79 Å². The van der Waals surface area contributed by atoms with Crippen LogP contribution < -0.4 is 21.9 Å². The van der Waals surface area contributed by atoms with Crippen molar-refractivity contribution in [2.24, 2.45) is 28.1 Å². The van der Waals surface area contributed by atoms with Gasteiger partial charge in [0.15, 0.2) is 5.96 Å². The Hall–Kier alpha value is -3.56. The second-order valence-electron chi connectivity index (χ2n) is 9.46. The number of guanidine groups is 1. The summed E-state index contributed by atoms with van der Waals surface area (Å²) in [6.07, 6.45) is 3.31. The highest BCUT2D eigenvalue weighted by Gasteiger charge is 2.28. The highest BCUT2D eigenvalue weighted by molar-refractivity contribution is 7.97. The number of hydrogen-bond acceptors (Lipinski definition) is 5. The summed E-state index contributed by atoms with van der Waals surface area (Å²) in [5.74, 6) is 0.743. The average Bonchev–Trinajstić information content (AvgIpc) is 2.91. The fourth-order valence-corrected chi connectivity index (χ4v) is 5.47. The molecule has 37 heavy (non-hydrogen) atoms. The van der Waals surface area contributed by atoms with E-state index >= 15 is 0 Å². The van der Waals surface area contributed by atoms with Crippen LogP contribution in [-0.4, -0.2) is 48.3 Å². The molecule has 1 aliphatic heterocycles. The number of aliphatic imine (C=N–C) groups is 1. The van der Waals surface area contributed by atoms with Gasteiger partial charge in [-0.15, -0.1) is 0 Å². The van der Waals surface area contributed by atoms with Crippen LogP contribution in [0, 0.1) is 11.3 Å². The number of nitrogens with one attached hydrogen (secondary N) is 2. The third-order valence-corrected chi connectivity index (χ3v) is 7.67. The number of piperidine rings is 1. The van der Waals surface area contributed by atoms with Gasteiger partial charge in [0, 0.05) is 30.1 Å². The number of benzene rings is 3. The third kappa shape index (κ3) is 7.47. The lowest BCUT2D eigenvalue weighted by atomic mass is 9.93. The van der Waals surface area contributed by atoms with Gasteiger partial charge in [0.25, 0.3) is 0 Å². The number of fused-ring (bicyclic) bond motifs is 1. The number of likely N-dealkylation sites (tertiary alicyclic amines) is 1. The number of carbonyl (C=O) groups is 1. The normalized spacial score (nSPS) is 14.9. The minimum absolute atomic E-state index is 0.0195. The van der Waals surface area contributed by atoms with Gasteiger partial charge in [0.05, 0.1) is 0 Å². The zero-order chi connectivity index (χ0) is 26.2. The lowest BCUT2D eigenvalue weighted by molar-refractivity contribution is -0.134. The molecule has 1 atom stereocenters. The molecule has 0 spiro atoms. The van der Waals surface area contributed by atoms with Gasteiger partial charge < -0.3 is 22.1 Å². The Morgan fingerprint density at radius 3 is 2.51 bits per heavy atom. The van der Waals surface area contributed by atoms with Crippen LogP contribution in [0.1, 0.15) is 30.4 Å². The van der Waals surface area contributed by atoms with Crippen molar-refractivity contribution in [3.05, 3.63) is 77.9 Å². The summed E-state index contributed by atoms with van der Waals surface area (Å²) in [5.41, 5.74) is 18.2. The van der Waals surface area contributed by atoms with Crippen LogP contribution >= 0.6 is 11.9 Å². The SMILES string of the molecule is N=C(N)c1cccc(C[C@H](NSc2ccc3ccccc3c2)C(=O)N2CCC(CCN=C(N)N)CC2)c1. The Labute approximate surface area is 222 Å². The van der Waals surface area contributed by atoms with Crippen LogP contribution in [0.3, 0.4) is 0 Å². The first-order valence-corrected chi connectivity index (χ1v) is 13.4. The Kier molecular flexibility index (Phi) is 9.03. The largest absolute Gasteiger partial charge is 0.384 e. The Morgan fingerprint density at radius 2 is 1.78 bits per heavy atom. The molecule has 1 amide bonds. The molecule has 0 bridgehead atoms. The molecule has 4 rings (SSSR count). The molecular formula is C28H35N7OS. The molecule has 1 fully saturated rings. The molecule has 9 heteroatoms. The number of carbonyl (C=O) groups excluding carboxylic acids is 1. The maximum absolute atomic E-state index is 13.7. The fourth-order valence-electron chi connectivity index (χ4n) is 4.69. The smallest absolute Gasteiger partial charge is 0.240 e. The van der Waals surface area contributed by atoms with E-state index in [1.165, 1.54) is 17.3 Å². The van der Waals surface area contributed by atoms with E-state index in [1.54, 1.807) is 0 Å². The zero-order valence-corrected chi connectivity index (χ0v) is 21.7. The zero-order valence-electron chi connectivity index (χ0n) is 20.9. The molecule has 0 radical (unpaired) electrons. The molecular weight excluding hydrogens is 482 g/mol. The highest BCUT2D eigenvalue weighted by Crippen LogP contribution is 2.25.